The summed E-state index contributed by atoms with van der Waals surface area (Å²) in [6.45, 7) is 6.38. The maximum Gasteiger partial charge on any atom is 0.292 e. The zero-order chi connectivity index (χ0) is 28.8. The second-order valence-electron chi connectivity index (χ2n) is 11.5. The first kappa shape index (κ1) is 27.4. The monoisotopic (exact) mass is 564 g/mol. The number of hydrogen-bond donors (Lipinski definition) is 2. The van der Waals surface area contributed by atoms with Gasteiger partial charge in [-0.15, -0.1) is 0 Å². The van der Waals surface area contributed by atoms with Crippen LogP contribution in [0.25, 0.3) is 0 Å². The van der Waals surface area contributed by atoms with Gasteiger partial charge in [0.2, 0.25) is 0 Å². The molecular formula is C28H33FN6O4Si. The molecule has 5 rings (SSSR count). The molecule has 12 heteroatoms. The van der Waals surface area contributed by atoms with Crippen molar-refractivity contribution in [2.45, 2.75) is 50.1 Å². The lowest BCUT2D eigenvalue weighted by Crippen LogP contribution is -2.43. The Kier molecular flexibility index (Phi) is 7.13. The Bertz CT molecular complexity index is 1400. The average molecular weight is 565 g/mol. The number of nitro groups is 2. The topological polar surface area (TPSA) is 145 Å². The first-order chi connectivity index (χ1) is 18.9. The van der Waals surface area contributed by atoms with Crippen LogP contribution in [-0.4, -0.2) is 31.0 Å². The smallest absolute Gasteiger partial charge is 0.292 e. The van der Waals surface area contributed by atoms with Crippen LogP contribution >= 0.6 is 0 Å². The van der Waals surface area contributed by atoms with Crippen LogP contribution in [0.2, 0.25) is 25.2 Å². The summed E-state index contributed by atoms with van der Waals surface area (Å²) < 4.78 is 15.7. The number of benzene rings is 3. The van der Waals surface area contributed by atoms with E-state index in [1.54, 1.807) is 18.2 Å². The van der Waals surface area contributed by atoms with Gasteiger partial charge in [0.15, 0.2) is 0 Å². The fourth-order valence-corrected chi connectivity index (χ4v) is 7.94. The molecule has 3 aromatic rings. The van der Waals surface area contributed by atoms with E-state index in [-0.39, 0.29) is 40.7 Å². The molecule has 2 fully saturated rings. The van der Waals surface area contributed by atoms with E-state index < -0.39 is 17.9 Å². The number of nitro benzene ring substituents is 2. The Labute approximate surface area is 232 Å². The van der Waals surface area contributed by atoms with E-state index in [0.29, 0.717) is 35.3 Å². The fourth-order valence-electron chi connectivity index (χ4n) is 5.94. The maximum atomic E-state index is 15.7. The molecular weight excluding hydrogens is 531 g/mol. The van der Waals surface area contributed by atoms with Crippen LogP contribution in [0.1, 0.15) is 36.1 Å². The highest BCUT2D eigenvalue weighted by molar-refractivity contribution is 6.77. The van der Waals surface area contributed by atoms with Gasteiger partial charge in [0.05, 0.1) is 35.7 Å². The molecule has 4 N–H and O–H groups in total. The minimum atomic E-state index is -1.23. The van der Waals surface area contributed by atoms with Crippen LogP contribution in [-0.2, 0) is 0 Å². The zero-order valence-corrected chi connectivity index (χ0v) is 23.5. The van der Waals surface area contributed by atoms with Crippen LogP contribution in [0.5, 0.6) is 0 Å². The average Bonchev–Trinajstić information content (AvgIpc) is 3.34. The van der Waals surface area contributed by atoms with Gasteiger partial charge in [0, 0.05) is 30.9 Å². The Morgan fingerprint density at radius 3 is 1.77 bits per heavy atom. The third-order valence-corrected chi connectivity index (χ3v) is 11.5. The van der Waals surface area contributed by atoms with Crippen LogP contribution in [0.15, 0.2) is 54.6 Å². The molecule has 0 aliphatic carbocycles. The summed E-state index contributed by atoms with van der Waals surface area (Å²) in [5.74, 6) is -0.338. The summed E-state index contributed by atoms with van der Waals surface area (Å²) in [7, 11) is -1.23. The number of nitrogens with two attached hydrogens (primary N) is 2. The third-order valence-electron chi connectivity index (χ3n) is 8.34. The molecule has 3 aromatic carbocycles. The van der Waals surface area contributed by atoms with E-state index in [2.05, 4.69) is 18.0 Å². The number of halogens is 1. The highest BCUT2D eigenvalue weighted by Gasteiger charge is 2.38. The van der Waals surface area contributed by atoms with Crippen LogP contribution in [0.4, 0.5) is 38.5 Å². The minimum absolute atomic E-state index is 0.0622. The fraction of sp³-hybridized carbons (Fsp3) is 0.357. The van der Waals surface area contributed by atoms with Crippen molar-refractivity contribution in [3.63, 3.8) is 0 Å². The van der Waals surface area contributed by atoms with Crippen molar-refractivity contribution in [3.8, 4) is 0 Å². The van der Waals surface area contributed by atoms with Crippen molar-refractivity contribution < 1.29 is 14.2 Å². The summed E-state index contributed by atoms with van der Waals surface area (Å²) in [4.78, 5) is 26.3. The lowest BCUT2D eigenvalue weighted by molar-refractivity contribution is -0.384. The van der Waals surface area contributed by atoms with E-state index in [1.165, 1.54) is 30.3 Å². The lowest BCUT2D eigenvalue weighted by Gasteiger charge is -2.38. The molecule has 0 amide bonds. The van der Waals surface area contributed by atoms with E-state index in [0.717, 1.165) is 25.2 Å². The summed E-state index contributed by atoms with van der Waals surface area (Å²) in [5.41, 5.74) is 13.9. The van der Waals surface area contributed by atoms with Crippen molar-refractivity contribution in [1.82, 2.24) is 0 Å². The normalized spacial score (nSPS) is 20.5. The van der Waals surface area contributed by atoms with Crippen LogP contribution < -0.4 is 21.3 Å². The van der Waals surface area contributed by atoms with Gasteiger partial charge in [0.1, 0.15) is 17.2 Å². The summed E-state index contributed by atoms with van der Waals surface area (Å²) in [6.07, 6.45) is 1.19. The SMILES string of the molecule is C[Si]1(C)CCN(c2ccc(N3[C@H](c4ccc(N)c([N+](=O)[O-])c4)CC[C@H]3c3ccc(N)c([N+](=O)[O-])c3)cc2F)CC1. The molecule has 40 heavy (non-hydrogen) atoms. The standard InChI is InChI=1S/C28H33FN6O4Si/c1-40(2)13-11-32(12-14-40)26-8-5-20(17-21(26)29)33-24(18-3-6-22(30)27(15-18)34(36)37)9-10-25(33)19-4-7-23(31)28(16-19)35(38)39/h3-8,15-17,24-25H,9-14,30-31H2,1-2H3/t24-,25-/m0/s1. The second-order valence-corrected chi connectivity index (χ2v) is 16.8. The van der Waals surface area contributed by atoms with Crippen molar-refractivity contribution in [1.29, 1.82) is 0 Å². The molecule has 0 bridgehead atoms. The summed E-state index contributed by atoms with van der Waals surface area (Å²) >= 11 is 0. The lowest BCUT2D eigenvalue weighted by atomic mass is 10.0. The van der Waals surface area contributed by atoms with Gasteiger partial charge in [-0.3, -0.25) is 20.2 Å². The third kappa shape index (κ3) is 5.18. The number of nitrogens with zero attached hydrogens (tertiary/aromatic N) is 4. The van der Waals surface area contributed by atoms with Crippen LogP contribution in [0.3, 0.4) is 0 Å². The molecule has 0 saturated carbocycles. The highest BCUT2D eigenvalue weighted by Crippen LogP contribution is 2.49. The van der Waals surface area contributed by atoms with Gasteiger partial charge in [0.25, 0.3) is 11.4 Å². The number of hydrogen-bond acceptors (Lipinski definition) is 8. The van der Waals surface area contributed by atoms with Crippen molar-refractivity contribution in [2.24, 2.45) is 0 Å². The van der Waals surface area contributed by atoms with E-state index >= 15 is 4.39 Å². The molecule has 0 unspecified atom stereocenters. The summed E-state index contributed by atoms with van der Waals surface area (Å²) in [6, 6.07) is 16.2. The van der Waals surface area contributed by atoms with Crippen molar-refractivity contribution >= 4 is 42.2 Å². The largest absolute Gasteiger partial charge is 0.393 e. The summed E-state index contributed by atoms with van der Waals surface area (Å²) in [5, 5.41) is 23.2. The molecule has 0 spiro atoms. The molecule has 0 radical (unpaired) electrons. The Morgan fingerprint density at radius 1 is 0.825 bits per heavy atom. The van der Waals surface area contributed by atoms with Crippen molar-refractivity contribution in [3.05, 3.63) is 91.8 Å². The number of rotatable bonds is 6. The first-order valence-corrected chi connectivity index (χ1v) is 16.8. The Hall–Kier alpha value is -4.19. The van der Waals surface area contributed by atoms with Gasteiger partial charge in [-0.1, -0.05) is 25.2 Å². The molecule has 2 atom stereocenters. The molecule has 2 aliphatic heterocycles. The predicted molar refractivity (Wildman–Crippen MR) is 158 cm³/mol. The molecule has 2 aliphatic rings. The van der Waals surface area contributed by atoms with E-state index in [1.807, 2.05) is 11.0 Å². The van der Waals surface area contributed by atoms with Crippen LogP contribution in [0, 0.1) is 26.0 Å². The zero-order valence-electron chi connectivity index (χ0n) is 22.5. The molecule has 10 nitrogen and oxygen atoms in total. The van der Waals surface area contributed by atoms with E-state index in [9.17, 15) is 20.2 Å². The van der Waals surface area contributed by atoms with Gasteiger partial charge >= 0.3 is 0 Å². The Balaban J connectivity index is 1.56. The number of anilines is 4. The van der Waals surface area contributed by atoms with E-state index in [4.69, 9.17) is 11.5 Å². The predicted octanol–water partition coefficient (Wildman–Crippen LogP) is 6.42. The van der Waals surface area contributed by atoms with Gasteiger partial charge in [-0.2, -0.15) is 0 Å². The molecule has 0 aromatic heterocycles. The van der Waals surface area contributed by atoms with Gasteiger partial charge < -0.3 is 21.3 Å². The highest BCUT2D eigenvalue weighted by atomic mass is 28.3. The number of nitrogen functional groups attached to an aromatic ring is 2. The molecule has 210 valence electrons. The molecule has 2 saturated heterocycles. The Morgan fingerprint density at radius 2 is 1.32 bits per heavy atom. The minimum Gasteiger partial charge on any atom is -0.393 e. The first-order valence-electron chi connectivity index (χ1n) is 13.4. The van der Waals surface area contributed by atoms with Gasteiger partial charge in [-0.05, 0) is 66.4 Å². The second kappa shape index (κ2) is 10.4. The quantitative estimate of drug-likeness (QED) is 0.151. The maximum absolute atomic E-state index is 15.7. The molecule has 2 heterocycles. The van der Waals surface area contributed by atoms with Crippen molar-refractivity contribution in [2.75, 3.05) is 34.4 Å². The van der Waals surface area contributed by atoms with Gasteiger partial charge in [-0.25, -0.2) is 4.39 Å².